The van der Waals surface area contributed by atoms with Crippen molar-refractivity contribution in [1.82, 2.24) is 5.32 Å². The van der Waals surface area contributed by atoms with Crippen molar-refractivity contribution in [2.45, 2.75) is 60.4 Å². The van der Waals surface area contributed by atoms with Gasteiger partial charge in [-0.25, -0.2) is 0 Å². The maximum Gasteiger partial charge on any atom is 0.258 e. The summed E-state index contributed by atoms with van der Waals surface area (Å²) in [4.78, 5) is 27.5. The highest BCUT2D eigenvalue weighted by molar-refractivity contribution is 7.17. The summed E-state index contributed by atoms with van der Waals surface area (Å²) in [5.74, 6) is 0.971. The molecule has 0 bridgehead atoms. The monoisotopic (exact) mass is 493 g/mol. The molecule has 0 unspecified atom stereocenters. The molecule has 7 heteroatoms. The van der Waals surface area contributed by atoms with Crippen molar-refractivity contribution in [1.29, 1.82) is 0 Å². The van der Waals surface area contributed by atoms with Crippen LogP contribution in [0.5, 0.6) is 0 Å². The Morgan fingerprint density at radius 2 is 1.94 bits per heavy atom. The second-order valence-electron chi connectivity index (χ2n) is 10.5. The first-order chi connectivity index (χ1) is 16.6. The maximum absolute atomic E-state index is 13.6. The summed E-state index contributed by atoms with van der Waals surface area (Å²) in [6.45, 7) is 11.5. The largest absolute Gasteiger partial charge is 0.468 e. The van der Waals surface area contributed by atoms with E-state index in [1.165, 1.54) is 4.88 Å². The molecule has 186 valence electrons. The van der Waals surface area contributed by atoms with E-state index < -0.39 is 0 Å². The lowest BCUT2D eigenvalue weighted by molar-refractivity contribution is -0.115. The minimum Gasteiger partial charge on any atom is -0.468 e. The fourth-order valence-corrected chi connectivity index (χ4v) is 6.02. The van der Waals surface area contributed by atoms with Crippen LogP contribution in [0.1, 0.15) is 64.9 Å². The Hall–Kier alpha value is -2.90. The number of benzene rings is 1. The Morgan fingerprint density at radius 3 is 2.63 bits per heavy atom. The fourth-order valence-electron chi connectivity index (χ4n) is 4.68. The van der Waals surface area contributed by atoms with Crippen LogP contribution >= 0.6 is 11.3 Å². The lowest BCUT2D eigenvalue weighted by Crippen LogP contribution is -2.28. The zero-order valence-electron chi connectivity index (χ0n) is 21.2. The van der Waals surface area contributed by atoms with E-state index in [0.717, 1.165) is 47.4 Å². The second kappa shape index (κ2) is 10.4. The van der Waals surface area contributed by atoms with Crippen molar-refractivity contribution in [2.75, 3.05) is 17.2 Å². The third kappa shape index (κ3) is 6.03. The van der Waals surface area contributed by atoms with Crippen LogP contribution in [0.3, 0.4) is 0 Å². The molecule has 0 saturated carbocycles. The van der Waals surface area contributed by atoms with Gasteiger partial charge in [-0.15, -0.1) is 11.3 Å². The Balaban J connectivity index is 1.56. The number of carbonyl (C=O) groups excluding carboxylic acids is 2. The zero-order chi connectivity index (χ0) is 25.2. The predicted octanol–water partition coefficient (Wildman–Crippen LogP) is 6.09. The first-order valence-electron chi connectivity index (χ1n) is 12.2. The molecule has 0 spiro atoms. The minimum absolute atomic E-state index is 0.131. The second-order valence-corrected chi connectivity index (χ2v) is 11.6. The van der Waals surface area contributed by atoms with E-state index in [1.54, 1.807) is 17.6 Å². The molecule has 1 aliphatic rings. The number of aryl methyl sites for hydroxylation is 2. The number of furan rings is 1. The van der Waals surface area contributed by atoms with Crippen LogP contribution in [-0.2, 0) is 24.2 Å². The van der Waals surface area contributed by atoms with Gasteiger partial charge in [-0.1, -0.05) is 38.5 Å². The smallest absolute Gasteiger partial charge is 0.258 e. The normalized spacial score (nSPS) is 15.5. The van der Waals surface area contributed by atoms with Gasteiger partial charge in [0.1, 0.15) is 10.8 Å². The maximum atomic E-state index is 13.6. The molecular weight excluding hydrogens is 458 g/mol. The summed E-state index contributed by atoms with van der Waals surface area (Å²) in [6.07, 6.45) is 4.42. The van der Waals surface area contributed by atoms with E-state index in [-0.39, 0.29) is 23.8 Å². The highest BCUT2D eigenvalue weighted by atomic mass is 32.1. The molecule has 3 N–H and O–H groups in total. The average Bonchev–Trinajstić information content (AvgIpc) is 3.42. The number of rotatable bonds is 7. The van der Waals surface area contributed by atoms with Crippen molar-refractivity contribution in [3.63, 3.8) is 0 Å². The number of anilines is 2. The zero-order valence-corrected chi connectivity index (χ0v) is 22.0. The molecular formula is C28H35N3O3S. The predicted molar refractivity (Wildman–Crippen MR) is 142 cm³/mol. The summed E-state index contributed by atoms with van der Waals surface area (Å²) >= 11 is 1.55. The quantitative estimate of drug-likeness (QED) is 0.372. The minimum atomic E-state index is -0.178. The van der Waals surface area contributed by atoms with Crippen molar-refractivity contribution in [2.24, 2.45) is 11.3 Å². The van der Waals surface area contributed by atoms with E-state index in [4.69, 9.17) is 4.42 Å². The van der Waals surface area contributed by atoms with E-state index in [0.29, 0.717) is 23.0 Å². The average molecular weight is 494 g/mol. The molecule has 1 aliphatic carbocycles. The van der Waals surface area contributed by atoms with Gasteiger partial charge in [0, 0.05) is 10.6 Å². The van der Waals surface area contributed by atoms with Gasteiger partial charge in [0.15, 0.2) is 0 Å². The lowest BCUT2D eigenvalue weighted by Gasteiger charge is -2.33. The molecule has 35 heavy (non-hydrogen) atoms. The van der Waals surface area contributed by atoms with Crippen LogP contribution in [0.2, 0.25) is 0 Å². The molecule has 0 fully saturated rings. The lowest BCUT2D eigenvalue weighted by atomic mass is 9.72. The van der Waals surface area contributed by atoms with Gasteiger partial charge >= 0.3 is 0 Å². The molecule has 0 aliphatic heterocycles. The number of thiophene rings is 1. The van der Waals surface area contributed by atoms with Crippen LogP contribution in [0.15, 0.2) is 41.0 Å². The molecule has 1 aromatic carbocycles. The SMILES string of the molecule is Cc1ccc(NC(=O)c2c(NC(=O)CNCc3ccco3)sc3c2CC[C@H](C(C)(C)C)C3)c(C)c1. The van der Waals surface area contributed by atoms with Gasteiger partial charge in [0.05, 0.1) is 24.9 Å². The Labute approximate surface area is 211 Å². The number of hydrogen-bond acceptors (Lipinski definition) is 5. The van der Waals surface area contributed by atoms with Gasteiger partial charge in [0.25, 0.3) is 5.91 Å². The van der Waals surface area contributed by atoms with E-state index in [2.05, 4.69) is 42.8 Å². The van der Waals surface area contributed by atoms with Gasteiger partial charge in [-0.05, 0) is 73.8 Å². The Bertz CT molecular complexity index is 1210. The number of fused-ring (bicyclic) bond motifs is 1. The van der Waals surface area contributed by atoms with Crippen LogP contribution in [0.25, 0.3) is 0 Å². The number of nitrogens with one attached hydrogen (secondary N) is 3. The van der Waals surface area contributed by atoms with Crippen molar-refractivity contribution < 1.29 is 14.0 Å². The highest BCUT2D eigenvalue weighted by Crippen LogP contribution is 2.44. The molecule has 2 heterocycles. The Morgan fingerprint density at radius 1 is 1.14 bits per heavy atom. The fraction of sp³-hybridized carbons (Fsp3) is 0.429. The van der Waals surface area contributed by atoms with Crippen LogP contribution < -0.4 is 16.0 Å². The van der Waals surface area contributed by atoms with Gasteiger partial charge in [-0.3, -0.25) is 9.59 Å². The molecule has 6 nitrogen and oxygen atoms in total. The van der Waals surface area contributed by atoms with Gasteiger partial charge < -0.3 is 20.4 Å². The molecule has 2 amide bonds. The molecule has 3 aromatic rings. The van der Waals surface area contributed by atoms with Crippen molar-refractivity contribution in [3.8, 4) is 0 Å². The standard InChI is InChI=1S/C28H35N3O3S/c1-17-8-11-22(18(2)13-17)30-26(33)25-21-10-9-19(28(3,4)5)14-23(21)35-27(25)31-24(32)16-29-15-20-7-6-12-34-20/h6-8,11-13,19,29H,9-10,14-16H2,1-5H3,(H,30,33)(H,31,32)/t19-/m0/s1. The van der Waals surface area contributed by atoms with Crippen LogP contribution in [-0.4, -0.2) is 18.4 Å². The van der Waals surface area contributed by atoms with Crippen molar-refractivity contribution in [3.05, 3.63) is 69.5 Å². The van der Waals surface area contributed by atoms with Gasteiger partial charge in [0.2, 0.25) is 5.91 Å². The van der Waals surface area contributed by atoms with Crippen LogP contribution in [0.4, 0.5) is 10.7 Å². The van der Waals surface area contributed by atoms with Crippen molar-refractivity contribution >= 4 is 33.8 Å². The summed E-state index contributed by atoms with van der Waals surface area (Å²) in [5.41, 5.74) is 4.84. The summed E-state index contributed by atoms with van der Waals surface area (Å²) in [6, 6.07) is 9.67. The third-order valence-electron chi connectivity index (χ3n) is 6.77. The van der Waals surface area contributed by atoms with E-state index in [1.807, 2.05) is 38.1 Å². The van der Waals surface area contributed by atoms with Crippen LogP contribution in [0, 0.1) is 25.2 Å². The first kappa shape index (κ1) is 25.2. The first-order valence-corrected chi connectivity index (χ1v) is 13.0. The molecule has 0 radical (unpaired) electrons. The Kier molecular flexibility index (Phi) is 7.47. The number of carbonyl (C=O) groups is 2. The summed E-state index contributed by atoms with van der Waals surface area (Å²) < 4.78 is 5.31. The van der Waals surface area contributed by atoms with Gasteiger partial charge in [-0.2, -0.15) is 0 Å². The van der Waals surface area contributed by atoms with E-state index in [9.17, 15) is 9.59 Å². The molecule has 4 rings (SSSR count). The number of hydrogen-bond donors (Lipinski definition) is 3. The molecule has 0 saturated heterocycles. The highest BCUT2D eigenvalue weighted by Gasteiger charge is 2.34. The topological polar surface area (TPSA) is 83.4 Å². The molecule has 2 aromatic heterocycles. The molecule has 1 atom stereocenters. The number of amides is 2. The summed E-state index contributed by atoms with van der Waals surface area (Å²) in [7, 11) is 0. The van der Waals surface area contributed by atoms with E-state index >= 15 is 0 Å². The summed E-state index contributed by atoms with van der Waals surface area (Å²) in [5, 5.41) is 9.84. The third-order valence-corrected chi connectivity index (χ3v) is 7.93.